The van der Waals surface area contributed by atoms with Crippen LogP contribution in [-0.2, 0) is 4.74 Å². The van der Waals surface area contributed by atoms with Crippen molar-refractivity contribution in [1.29, 1.82) is 0 Å². The van der Waals surface area contributed by atoms with E-state index in [4.69, 9.17) is 9.47 Å². The number of fused-ring (bicyclic) bond motifs is 1. The van der Waals surface area contributed by atoms with Crippen LogP contribution in [0.15, 0.2) is 65.5 Å². The summed E-state index contributed by atoms with van der Waals surface area (Å²) in [4.78, 5) is 46.5. The number of hydrogen-bond acceptors (Lipinski definition) is 5. The van der Waals surface area contributed by atoms with Crippen molar-refractivity contribution in [3.8, 4) is 22.8 Å². The molecule has 0 spiro atoms. The Bertz CT molecular complexity index is 1590. The molecule has 0 aliphatic carbocycles. The summed E-state index contributed by atoms with van der Waals surface area (Å²) in [6, 6.07) is 18.6. The Morgan fingerprint density at radius 3 is 2.35 bits per heavy atom. The third-order valence-corrected chi connectivity index (χ3v) is 6.84. The van der Waals surface area contributed by atoms with Gasteiger partial charge >= 0.3 is 6.09 Å². The van der Waals surface area contributed by atoms with Gasteiger partial charge in [0.05, 0.1) is 11.1 Å². The number of H-pyrrole nitrogens is 2. The number of carbonyl (C=O) groups is 2. The van der Waals surface area contributed by atoms with Crippen LogP contribution in [-0.4, -0.2) is 51.6 Å². The molecule has 1 fully saturated rings. The van der Waals surface area contributed by atoms with Gasteiger partial charge in [0.25, 0.3) is 11.5 Å². The molecule has 0 radical (unpaired) electrons. The number of carbonyl (C=O) groups excluding carboxylic acids is 2. The van der Waals surface area contributed by atoms with Gasteiger partial charge in [0.15, 0.2) is 0 Å². The Morgan fingerprint density at radius 2 is 1.65 bits per heavy atom. The Hall–Kier alpha value is -4.53. The number of nitrogens with one attached hydrogen (secondary N) is 3. The molecule has 1 aliphatic rings. The van der Waals surface area contributed by atoms with Crippen molar-refractivity contribution >= 4 is 22.8 Å². The average Bonchev–Trinajstić information content (AvgIpc) is 3.25. The maximum absolute atomic E-state index is 13.3. The molecule has 3 heterocycles. The van der Waals surface area contributed by atoms with Gasteiger partial charge in [0.2, 0.25) is 0 Å². The largest absolute Gasteiger partial charge is 0.457 e. The number of likely N-dealkylation sites (tertiary alicyclic amines) is 1. The Balaban J connectivity index is 1.37. The summed E-state index contributed by atoms with van der Waals surface area (Å²) in [7, 11) is 0. The minimum absolute atomic E-state index is 0.127. The number of benzene rings is 2. The fourth-order valence-corrected chi connectivity index (χ4v) is 4.95. The Kier molecular flexibility index (Phi) is 7.38. The fourth-order valence-electron chi connectivity index (χ4n) is 4.95. The molecule has 2 amide bonds. The van der Waals surface area contributed by atoms with Gasteiger partial charge in [0, 0.05) is 35.8 Å². The number of amides is 2. The zero-order valence-corrected chi connectivity index (χ0v) is 23.2. The number of aromatic amines is 2. The second kappa shape index (κ2) is 10.9. The molecule has 3 N–H and O–H groups in total. The van der Waals surface area contributed by atoms with Gasteiger partial charge in [-0.1, -0.05) is 30.3 Å². The average molecular weight is 543 g/mol. The lowest BCUT2D eigenvalue weighted by Gasteiger charge is -2.33. The van der Waals surface area contributed by atoms with Crippen LogP contribution < -0.4 is 15.6 Å². The van der Waals surface area contributed by atoms with Crippen molar-refractivity contribution < 1.29 is 19.1 Å². The van der Waals surface area contributed by atoms with E-state index in [1.807, 2.05) is 82.3 Å². The number of aryl methyl sites for hydroxylation is 1. The number of ether oxygens (including phenoxy) is 2. The summed E-state index contributed by atoms with van der Waals surface area (Å²) in [5, 5.41) is 4.15. The van der Waals surface area contributed by atoms with Crippen LogP contribution in [0.5, 0.6) is 11.5 Å². The van der Waals surface area contributed by atoms with Gasteiger partial charge in [-0.15, -0.1) is 0 Å². The van der Waals surface area contributed by atoms with Crippen LogP contribution in [0.2, 0.25) is 0 Å². The number of nitrogens with zero attached hydrogens (tertiary/aromatic N) is 1. The molecule has 5 rings (SSSR count). The summed E-state index contributed by atoms with van der Waals surface area (Å²) in [5.74, 6) is 0.950. The molecule has 9 nitrogen and oxygen atoms in total. The molecule has 0 saturated carbocycles. The van der Waals surface area contributed by atoms with Crippen molar-refractivity contribution in [2.24, 2.45) is 0 Å². The van der Waals surface area contributed by atoms with Gasteiger partial charge in [-0.2, -0.15) is 0 Å². The molecule has 0 atom stereocenters. The highest BCUT2D eigenvalue weighted by atomic mass is 16.6. The van der Waals surface area contributed by atoms with Gasteiger partial charge in [-0.25, -0.2) is 4.79 Å². The maximum Gasteiger partial charge on any atom is 0.410 e. The second-order valence-electron chi connectivity index (χ2n) is 11.1. The molecular formula is C31H34N4O5. The van der Waals surface area contributed by atoms with E-state index < -0.39 is 5.60 Å². The van der Waals surface area contributed by atoms with E-state index in [0.717, 1.165) is 5.56 Å². The summed E-state index contributed by atoms with van der Waals surface area (Å²) in [5.41, 5.74) is 1.44. The van der Waals surface area contributed by atoms with Crippen molar-refractivity contribution in [3.05, 3.63) is 82.4 Å². The van der Waals surface area contributed by atoms with E-state index in [1.165, 1.54) is 0 Å². The summed E-state index contributed by atoms with van der Waals surface area (Å²) in [6.07, 6.45) is 0.839. The van der Waals surface area contributed by atoms with Gasteiger partial charge < -0.3 is 29.7 Å². The monoisotopic (exact) mass is 542 g/mol. The molecule has 40 heavy (non-hydrogen) atoms. The highest BCUT2D eigenvalue weighted by Crippen LogP contribution is 2.37. The predicted molar refractivity (Wildman–Crippen MR) is 154 cm³/mol. The van der Waals surface area contributed by atoms with Gasteiger partial charge in [-0.3, -0.25) is 9.59 Å². The molecule has 208 valence electrons. The molecule has 9 heteroatoms. The zero-order valence-electron chi connectivity index (χ0n) is 23.2. The minimum atomic E-state index is -0.559. The summed E-state index contributed by atoms with van der Waals surface area (Å²) >= 11 is 0. The molecule has 4 aromatic rings. The molecular weight excluding hydrogens is 508 g/mol. The van der Waals surface area contributed by atoms with Crippen LogP contribution in [0.25, 0.3) is 22.0 Å². The lowest BCUT2D eigenvalue weighted by atomic mass is 10.0. The molecule has 2 aromatic carbocycles. The van der Waals surface area contributed by atoms with Crippen LogP contribution >= 0.6 is 0 Å². The number of para-hydroxylation sites is 2. The lowest BCUT2D eigenvalue weighted by Crippen LogP contribution is -2.48. The van der Waals surface area contributed by atoms with Gasteiger partial charge in [-0.05, 0) is 70.9 Å². The van der Waals surface area contributed by atoms with Crippen LogP contribution in [0.3, 0.4) is 0 Å². The normalized spacial score (nSPS) is 14.2. The highest BCUT2D eigenvalue weighted by Gasteiger charge is 2.28. The number of pyridine rings is 1. The highest BCUT2D eigenvalue weighted by molar-refractivity contribution is 6.03. The maximum atomic E-state index is 13.3. The third-order valence-electron chi connectivity index (χ3n) is 6.84. The zero-order chi connectivity index (χ0) is 28.4. The SMILES string of the molecule is Cc1[nH]c(-c2ccccc2Oc2ccccc2)c2cc(C(=O)NC3CCN(C(=O)OC(C)(C)C)CC3)[nH]c(=O)c12. The Morgan fingerprint density at radius 1 is 0.975 bits per heavy atom. The fraction of sp³-hybridized carbons (Fsp3) is 0.323. The van der Waals surface area contributed by atoms with E-state index in [9.17, 15) is 14.4 Å². The van der Waals surface area contributed by atoms with Crippen molar-refractivity contribution in [1.82, 2.24) is 20.2 Å². The van der Waals surface area contributed by atoms with E-state index in [2.05, 4.69) is 15.3 Å². The minimum Gasteiger partial charge on any atom is -0.457 e. The molecule has 0 bridgehead atoms. The standard InChI is InChI=1S/C31H34N4O5/c1-19-26-23(27(32-19)22-12-8-9-13-25(22)39-21-10-6-5-7-11-21)18-24(34-29(26)37)28(36)33-20-14-16-35(17-15-20)30(38)40-31(2,3)4/h5-13,18,20,32H,14-17H2,1-4H3,(H,33,36)(H,34,37). The van der Waals surface area contributed by atoms with E-state index >= 15 is 0 Å². The smallest absolute Gasteiger partial charge is 0.410 e. The first-order valence-electron chi connectivity index (χ1n) is 13.5. The van der Waals surface area contributed by atoms with Crippen molar-refractivity contribution in [2.75, 3.05) is 13.1 Å². The Labute approximate surface area is 232 Å². The first kappa shape index (κ1) is 27.1. The van der Waals surface area contributed by atoms with Gasteiger partial charge in [0.1, 0.15) is 22.8 Å². The topological polar surface area (TPSA) is 117 Å². The number of piperidine rings is 1. The van der Waals surface area contributed by atoms with E-state index in [-0.39, 0.29) is 29.3 Å². The third kappa shape index (κ3) is 5.88. The van der Waals surface area contributed by atoms with Crippen molar-refractivity contribution in [3.63, 3.8) is 0 Å². The number of aromatic nitrogens is 2. The summed E-state index contributed by atoms with van der Waals surface area (Å²) in [6.45, 7) is 8.30. The van der Waals surface area contributed by atoms with E-state index in [0.29, 0.717) is 59.6 Å². The summed E-state index contributed by atoms with van der Waals surface area (Å²) < 4.78 is 11.6. The van der Waals surface area contributed by atoms with Crippen LogP contribution in [0.4, 0.5) is 4.79 Å². The first-order chi connectivity index (χ1) is 19.1. The molecule has 1 saturated heterocycles. The van der Waals surface area contributed by atoms with E-state index in [1.54, 1.807) is 11.0 Å². The first-order valence-corrected chi connectivity index (χ1v) is 13.5. The molecule has 1 aliphatic heterocycles. The molecule has 0 unspecified atom stereocenters. The van der Waals surface area contributed by atoms with Crippen LogP contribution in [0.1, 0.15) is 49.8 Å². The quantitative estimate of drug-likeness (QED) is 0.297. The lowest BCUT2D eigenvalue weighted by molar-refractivity contribution is 0.0199. The number of rotatable bonds is 5. The molecule has 2 aromatic heterocycles. The van der Waals surface area contributed by atoms with Crippen LogP contribution in [0, 0.1) is 6.92 Å². The second-order valence-corrected chi connectivity index (χ2v) is 11.1. The van der Waals surface area contributed by atoms with Crippen molar-refractivity contribution in [2.45, 2.75) is 52.2 Å². The number of hydrogen-bond donors (Lipinski definition) is 3. The predicted octanol–water partition coefficient (Wildman–Crippen LogP) is 5.75.